The van der Waals surface area contributed by atoms with Crippen molar-refractivity contribution in [3.63, 3.8) is 0 Å². The summed E-state index contributed by atoms with van der Waals surface area (Å²) in [5.74, 6) is 0.261. The molecule has 2 aromatic rings. The van der Waals surface area contributed by atoms with Crippen LogP contribution in [-0.4, -0.2) is 34.9 Å². The third kappa shape index (κ3) is 2.59. The van der Waals surface area contributed by atoms with Gasteiger partial charge in [-0.1, -0.05) is 12.1 Å². The Kier molecular flexibility index (Phi) is 3.93. The quantitative estimate of drug-likeness (QED) is 0.855. The minimum absolute atomic E-state index is 0.0800. The maximum atomic E-state index is 12.6. The molecule has 0 spiro atoms. The molecule has 1 N–H and O–H groups in total. The highest BCUT2D eigenvalue weighted by atomic mass is 16.5. The molecule has 0 aliphatic heterocycles. The van der Waals surface area contributed by atoms with Crippen LogP contribution in [0.1, 0.15) is 27.6 Å². The number of carbonyl (C=O) groups is 1. The second-order valence-corrected chi connectivity index (χ2v) is 4.27. The van der Waals surface area contributed by atoms with Crippen LogP contribution in [0.15, 0.2) is 18.2 Å². The van der Waals surface area contributed by atoms with E-state index in [2.05, 4.69) is 20.3 Å². The van der Waals surface area contributed by atoms with Crippen molar-refractivity contribution in [1.82, 2.24) is 15.0 Å². The van der Waals surface area contributed by atoms with E-state index in [9.17, 15) is 4.79 Å². The molecule has 0 unspecified atom stereocenters. The molecule has 0 atom stereocenters. The molecular formula is C14H16N4O2. The fourth-order valence-electron chi connectivity index (χ4n) is 1.96. The molecule has 20 heavy (non-hydrogen) atoms. The fourth-order valence-corrected chi connectivity index (χ4v) is 1.96. The highest BCUT2D eigenvalue weighted by Gasteiger charge is 2.18. The van der Waals surface area contributed by atoms with Crippen molar-refractivity contribution < 1.29 is 9.53 Å². The minimum atomic E-state index is -0.262. The fraction of sp³-hybridized carbons (Fsp3) is 0.286. The topological polar surface area (TPSA) is 77.0 Å². The van der Waals surface area contributed by atoms with E-state index in [4.69, 9.17) is 4.74 Å². The van der Waals surface area contributed by atoms with E-state index in [0.29, 0.717) is 11.4 Å². The van der Waals surface area contributed by atoms with Gasteiger partial charge in [0, 0.05) is 18.3 Å². The third-order valence-corrected chi connectivity index (χ3v) is 2.88. The maximum Gasteiger partial charge on any atom is 0.320 e. The van der Waals surface area contributed by atoms with Gasteiger partial charge in [0.05, 0.1) is 7.11 Å². The lowest BCUT2D eigenvalue weighted by molar-refractivity contribution is 0.102. The Labute approximate surface area is 117 Å². The lowest BCUT2D eigenvalue weighted by Crippen LogP contribution is -2.13. The standard InChI is InChI=1S/C14H16N4O2/c1-8-6-5-7-10(11(8)15-3)12(19)13-16-9(2)17-14(18-13)20-4/h5-7,15H,1-4H3. The van der Waals surface area contributed by atoms with Gasteiger partial charge in [-0.3, -0.25) is 4.79 Å². The molecule has 0 radical (unpaired) electrons. The van der Waals surface area contributed by atoms with Crippen molar-refractivity contribution in [3.05, 3.63) is 41.0 Å². The molecule has 0 amide bonds. The zero-order valence-electron chi connectivity index (χ0n) is 11.9. The van der Waals surface area contributed by atoms with Crippen LogP contribution in [0.25, 0.3) is 0 Å². The molecule has 6 nitrogen and oxygen atoms in total. The van der Waals surface area contributed by atoms with Crippen molar-refractivity contribution in [2.45, 2.75) is 13.8 Å². The van der Waals surface area contributed by atoms with Crippen LogP contribution in [-0.2, 0) is 0 Å². The van der Waals surface area contributed by atoms with Crippen molar-refractivity contribution in [3.8, 4) is 6.01 Å². The summed E-state index contributed by atoms with van der Waals surface area (Å²) in [6.45, 7) is 3.62. The van der Waals surface area contributed by atoms with Gasteiger partial charge in [-0.05, 0) is 25.5 Å². The first kappa shape index (κ1) is 13.9. The van der Waals surface area contributed by atoms with Gasteiger partial charge in [0.1, 0.15) is 5.82 Å². The summed E-state index contributed by atoms with van der Waals surface area (Å²) in [6.07, 6.45) is 0. The number of para-hydroxylation sites is 1. The molecule has 6 heteroatoms. The van der Waals surface area contributed by atoms with Crippen LogP contribution in [0.3, 0.4) is 0 Å². The van der Waals surface area contributed by atoms with Crippen LogP contribution in [0.2, 0.25) is 0 Å². The summed E-state index contributed by atoms with van der Waals surface area (Å²) in [5, 5.41) is 3.03. The Hall–Kier alpha value is -2.50. The number of rotatable bonds is 4. The van der Waals surface area contributed by atoms with Crippen molar-refractivity contribution in [2.24, 2.45) is 0 Å². The Morgan fingerprint density at radius 2 is 1.95 bits per heavy atom. The number of hydrogen-bond donors (Lipinski definition) is 1. The van der Waals surface area contributed by atoms with Crippen LogP contribution < -0.4 is 10.1 Å². The summed E-state index contributed by atoms with van der Waals surface area (Å²) in [5.41, 5.74) is 2.28. The van der Waals surface area contributed by atoms with Crippen molar-refractivity contribution in [1.29, 1.82) is 0 Å². The van der Waals surface area contributed by atoms with E-state index in [-0.39, 0.29) is 17.6 Å². The lowest BCUT2D eigenvalue weighted by Gasteiger charge is -2.10. The van der Waals surface area contributed by atoms with Gasteiger partial charge in [-0.25, -0.2) is 4.98 Å². The SMILES string of the molecule is CNc1c(C)cccc1C(=O)c1nc(C)nc(OC)n1. The first-order valence-corrected chi connectivity index (χ1v) is 6.15. The zero-order valence-corrected chi connectivity index (χ0v) is 11.9. The normalized spacial score (nSPS) is 10.2. The largest absolute Gasteiger partial charge is 0.467 e. The predicted octanol–water partition coefficient (Wildman–Crippen LogP) is 1.77. The Morgan fingerprint density at radius 1 is 1.20 bits per heavy atom. The summed E-state index contributed by atoms with van der Waals surface area (Å²) >= 11 is 0. The second-order valence-electron chi connectivity index (χ2n) is 4.27. The highest BCUT2D eigenvalue weighted by molar-refractivity contribution is 6.10. The number of aryl methyl sites for hydroxylation is 2. The molecule has 0 saturated carbocycles. The minimum Gasteiger partial charge on any atom is -0.467 e. The second kappa shape index (κ2) is 5.64. The lowest BCUT2D eigenvalue weighted by atomic mass is 10.0. The van der Waals surface area contributed by atoms with Gasteiger partial charge in [-0.2, -0.15) is 9.97 Å². The molecular weight excluding hydrogens is 256 g/mol. The number of benzene rings is 1. The smallest absolute Gasteiger partial charge is 0.320 e. The molecule has 0 fully saturated rings. The number of nitrogens with zero attached hydrogens (tertiary/aromatic N) is 3. The zero-order chi connectivity index (χ0) is 14.7. The van der Waals surface area contributed by atoms with Gasteiger partial charge >= 0.3 is 6.01 Å². The summed E-state index contributed by atoms with van der Waals surface area (Å²) in [4.78, 5) is 24.6. The van der Waals surface area contributed by atoms with Crippen LogP contribution in [0.4, 0.5) is 5.69 Å². The average Bonchev–Trinajstić information content (AvgIpc) is 2.45. The van der Waals surface area contributed by atoms with Gasteiger partial charge < -0.3 is 10.1 Å². The Morgan fingerprint density at radius 3 is 2.60 bits per heavy atom. The molecule has 2 rings (SSSR count). The summed E-state index contributed by atoms with van der Waals surface area (Å²) in [7, 11) is 3.23. The Balaban J connectivity index is 2.51. The number of methoxy groups -OCH3 is 1. The van der Waals surface area contributed by atoms with Crippen LogP contribution in [0.5, 0.6) is 6.01 Å². The number of ketones is 1. The molecule has 1 aromatic heterocycles. The van der Waals surface area contributed by atoms with Gasteiger partial charge in [-0.15, -0.1) is 0 Å². The number of anilines is 1. The van der Waals surface area contributed by atoms with E-state index < -0.39 is 0 Å². The Bertz CT molecular complexity index is 656. The van der Waals surface area contributed by atoms with Gasteiger partial charge in [0.2, 0.25) is 11.6 Å². The van der Waals surface area contributed by atoms with Gasteiger partial charge in [0.25, 0.3) is 0 Å². The van der Waals surface area contributed by atoms with Gasteiger partial charge in [0.15, 0.2) is 0 Å². The van der Waals surface area contributed by atoms with E-state index >= 15 is 0 Å². The number of hydrogen-bond acceptors (Lipinski definition) is 6. The molecule has 0 aliphatic rings. The molecule has 0 aliphatic carbocycles. The van der Waals surface area contributed by atoms with Crippen LogP contribution >= 0.6 is 0 Å². The number of carbonyl (C=O) groups excluding carboxylic acids is 1. The molecule has 104 valence electrons. The highest BCUT2D eigenvalue weighted by Crippen LogP contribution is 2.22. The maximum absolute atomic E-state index is 12.6. The number of aromatic nitrogens is 3. The van der Waals surface area contributed by atoms with Crippen LogP contribution in [0, 0.1) is 13.8 Å². The van der Waals surface area contributed by atoms with E-state index in [1.807, 2.05) is 19.1 Å². The molecule has 0 saturated heterocycles. The van der Waals surface area contributed by atoms with E-state index in [1.165, 1.54) is 7.11 Å². The van der Waals surface area contributed by atoms with Crippen molar-refractivity contribution >= 4 is 11.5 Å². The molecule has 1 aromatic carbocycles. The average molecular weight is 272 g/mol. The first-order chi connectivity index (χ1) is 9.56. The summed E-state index contributed by atoms with van der Waals surface area (Å²) < 4.78 is 4.97. The van der Waals surface area contributed by atoms with E-state index in [1.54, 1.807) is 20.0 Å². The number of nitrogens with one attached hydrogen (secondary N) is 1. The molecule has 1 heterocycles. The first-order valence-electron chi connectivity index (χ1n) is 6.15. The van der Waals surface area contributed by atoms with Crippen molar-refractivity contribution in [2.75, 3.05) is 19.5 Å². The summed E-state index contributed by atoms with van der Waals surface area (Å²) in [6, 6.07) is 5.64. The monoisotopic (exact) mass is 272 g/mol. The predicted molar refractivity (Wildman–Crippen MR) is 75.3 cm³/mol. The number of ether oxygens (including phenoxy) is 1. The molecule has 0 bridgehead atoms. The third-order valence-electron chi connectivity index (χ3n) is 2.88. The van der Waals surface area contributed by atoms with E-state index in [0.717, 1.165) is 11.3 Å².